The maximum absolute atomic E-state index is 13.1. The van der Waals surface area contributed by atoms with Gasteiger partial charge in [0.05, 0.1) is 18.1 Å². The molecule has 0 saturated carbocycles. The van der Waals surface area contributed by atoms with Crippen LogP contribution in [0.2, 0.25) is 0 Å². The van der Waals surface area contributed by atoms with E-state index in [9.17, 15) is 8.78 Å². The molecule has 0 aliphatic rings. The molecule has 17 heavy (non-hydrogen) atoms. The molecule has 0 bridgehead atoms. The fourth-order valence-corrected chi connectivity index (χ4v) is 1.76. The number of hydrogen-bond acceptors (Lipinski definition) is 2. The van der Waals surface area contributed by atoms with E-state index in [2.05, 4.69) is 9.97 Å². The lowest BCUT2D eigenvalue weighted by Gasteiger charge is -2.02. The van der Waals surface area contributed by atoms with E-state index >= 15 is 0 Å². The van der Waals surface area contributed by atoms with Crippen LogP contribution in [0.3, 0.4) is 0 Å². The van der Waals surface area contributed by atoms with E-state index in [1.165, 1.54) is 12.1 Å². The lowest BCUT2D eigenvalue weighted by molar-refractivity contribution is 0.584. The molecule has 2 aromatic heterocycles. The molecule has 84 valence electrons. The van der Waals surface area contributed by atoms with Gasteiger partial charge in [-0.15, -0.1) is 0 Å². The van der Waals surface area contributed by atoms with Gasteiger partial charge in [0.15, 0.2) is 5.65 Å². The summed E-state index contributed by atoms with van der Waals surface area (Å²) in [5.74, 6) is -1.21. The summed E-state index contributed by atoms with van der Waals surface area (Å²) in [7, 11) is 0. The van der Waals surface area contributed by atoms with Crippen LogP contribution in [-0.2, 0) is 0 Å². The highest BCUT2D eigenvalue weighted by Gasteiger charge is 2.08. The average molecular weight is 231 g/mol. The number of aromatic nitrogens is 3. The molecule has 0 aliphatic heterocycles. The molecule has 0 unspecified atom stereocenters. The van der Waals surface area contributed by atoms with Gasteiger partial charge in [0.2, 0.25) is 0 Å². The van der Waals surface area contributed by atoms with Gasteiger partial charge in [-0.3, -0.25) is 9.38 Å². The fourth-order valence-electron chi connectivity index (χ4n) is 1.76. The molecule has 3 aromatic rings. The van der Waals surface area contributed by atoms with E-state index in [1.54, 1.807) is 29.2 Å². The minimum atomic E-state index is -0.607. The molecule has 0 fully saturated rings. The summed E-state index contributed by atoms with van der Waals surface area (Å²) in [6.07, 6.45) is 6.43. The molecule has 3 nitrogen and oxygen atoms in total. The van der Waals surface area contributed by atoms with Crippen molar-refractivity contribution >= 4 is 5.65 Å². The zero-order valence-electron chi connectivity index (χ0n) is 8.64. The van der Waals surface area contributed by atoms with Crippen molar-refractivity contribution in [1.29, 1.82) is 0 Å². The van der Waals surface area contributed by atoms with Gasteiger partial charge in [0, 0.05) is 24.0 Å². The molecule has 0 atom stereocenters. The number of fused-ring (bicyclic) bond motifs is 1. The Hall–Kier alpha value is -2.30. The average Bonchev–Trinajstić information content (AvgIpc) is 2.71. The van der Waals surface area contributed by atoms with Crippen molar-refractivity contribution in [2.45, 2.75) is 0 Å². The number of benzene rings is 1. The van der Waals surface area contributed by atoms with Crippen molar-refractivity contribution in [2.75, 3.05) is 0 Å². The first-order valence-electron chi connectivity index (χ1n) is 4.97. The Kier molecular flexibility index (Phi) is 2.11. The van der Waals surface area contributed by atoms with E-state index in [4.69, 9.17) is 0 Å². The molecular formula is C12H7F2N3. The summed E-state index contributed by atoms with van der Waals surface area (Å²) < 4.78 is 28.0. The highest BCUT2D eigenvalue weighted by molar-refractivity contribution is 5.63. The molecule has 1 aromatic carbocycles. The van der Waals surface area contributed by atoms with Gasteiger partial charge in [0.25, 0.3) is 0 Å². The van der Waals surface area contributed by atoms with Crippen molar-refractivity contribution < 1.29 is 8.78 Å². The highest BCUT2D eigenvalue weighted by atomic mass is 19.1. The van der Waals surface area contributed by atoms with Crippen molar-refractivity contribution in [3.8, 4) is 11.3 Å². The van der Waals surface area contributed by atoms with Crippen LogP contribution in [0.25, 0.3) is 16.9 Å². The van der Waals surface area contributed by atoms with Gasteiger partial charge in [-0.25, -0.2) is 13.8 Å². The third kappa shape index (κ3) is 1.65. The summed E-state index contributed by atoms with van der Waals surface area (Å²) in [6.45, 7) is 0. The molecule has 0 amide bonds. The quantitative estimate of drug-likeness (QED) is 0.644. The fraction of sp³-hybridized carbons (Fsp3) is 0. The van der Waals surface area contributed by atoms with Gasteiger partial charge in [-0.1, -0.05) is 0 Å². The predicted octanol–water partition coefficient (Wildman–Crippen LogP) is 2.67. The molecule has 0 saturated heterocycles. The van der Waals surface area contributed by atoms with Crippen LogP contribution in [0, 0.1) is 11.6 Å². The van der Waals surface area contributed by atoms with Gasteiger partial charge in [-0.05, 0) is 12.1 Å². The Balaban J connectivity index is 2.27. The molecule has 0 radical (unpaired) electrons. The molecule has 0 N–H and O–H groups in total. The lowest BCUT2D eigenvalue weighted by Crippen LogP contribution is -1.90. The van der Waals surface area contributed by atoms with Gasteiger partial charge in [0.1, 0.15) is 11.6 Å². The van der Waals surface area contributed by atoms with E-state index in [1.807, 2.05) is 0 Å². The second-order valence-electron chi connectivity index (χ2n) is 3.61. The molecule has 5 heteroatoms. The number of hydrogen-bond donors (Lipinski definition) is 0. The molecule has 3 rings (SSSR count). The van der Waals surface area contributed by atoms with Crippen LogP contribution in [0.4, 0.5) is 8.78 Å². The Bertz CT molecular complexity index is 671. The first kappa shape index (κ1) is 9.89. The Morgan fingerprint density at radius 2 is 1.76 bits per heavy atom. The molecular weight excluding hydrogens is 224 g/mol. The Labute approximate surface area is 95.4 Å². The molecule has 0 spiro atoms. The van der Waals surface area contributed by atoms with Crippen LogP contribution in [-0.4, -0.2) is 14.4 Å². The van der Waals surface area contributed by atoms with E-state index in [0.717, 1.165) is 6.07 Å². The van der Waals surface area contributed by atoms with Crippen LogP contribution in [0.1, 0.15) is 0 Å². The highest BCUT2D eigenvalue weighted by Crippen LogP contribution is 2.22. The first-order valence-corrected chi connectivity index (χ1v) is 4.97. The zero-order chi connectivity index (χ0) is 11.8. The minimum absolute atomic E-state index is 0.446. The SMILES string of the molecule is Fc1cc(F)cc(-c2cnc3cnccn23)c1. The summed E-state index contributed by atoms with van der Waals surface area (Å²) in [5.41, 5.74) is 1.70. The third-order valence-corrected chi connectivity index (χ3v) is 2.48. The first-order chi connectivity index (χ1) is 8.24. The van der Waals surface area contributed by atoms with Gasteiger partial charge >= 0.3 is 0 Å². The van der Waals surface area contributed by atoms with Gasteiger partial charge in [-0.2, -0.15) is 0 Å². The second-order valence-corrected chi connectivity index (χ2v) is 3.61. The lowest BCUT2D eigenvalue weighted by atomic mass is 10.1. The monoisotopic (exact) mass is 231 g/mol. The largest absolute Gasteiger partial charge is 0.297 e. The summed E-state index contributed by atoms with van der Waals surface area (Å²) in [4.78, 5) is 8.03. The zero-order valence-corrected chi connectivity index (χ0v) is 8.64. The van der Waals surface area contributed by atoms with Crippen LogP contribution >= 0.6 is 0 Å². The van der Waals surface area contributed by atoms with Gasteiger partial charge < -0.3 is 0 Å². The Morgan fingerprint density at radius 1 is 1.00 bits per heavy atom. The van der Waals surface area contributed by atoms with Crippen LogP contribution in [0.5, 0.6) is 0 Å². The van der Waals surface area contributed by atoms with Crippen LogP contribution in [0.15, 0.2) is 43.0 Å². The number of rotatable bonds is 1. The molecule has 0 aliphatic carbocycles. The summed E-state index contributed by atoms with van der Waals surface area (Å²) in [6, 6.07) is 3.38. The molecule has 2 heterocycles. The number of nitrogens with zero attached hydrogens (tertiary/aromatic N) is 3. The standard InChI is InChI=1S/C12H7F2N3/c13-9-3-8(4-10(14)5-9)11-6-16-12-7-15-1-2-17(11)12/h1-7H. The normalized spacial score (nSPS) is 10.9. The van der Waals surface area contributed by atoms with E-state index < -0.39 is 11.6 Å². The van der Waals surface area contributed by atoms with Crippen molar-refractivity contribution in [2.24, 2.45) is 0 Å². The van der Waals surface area contributed by atoms with Crippen molar-refractivity contribution in [1.82, 2.24) is 14.4 Å². The maximum atomic E-state index is 13.1. The summed E-state index contributed by atoms with van der Waals surface area (Å²) in [5, 5.41) is 0. The smallest absolute Gasteiger partial charge is 0.155 e. The topological polar surface area (TPSA) is 30.2 Å². The predicted molar refractivity (Wildman–Crippen MR) is 58.3 cm³/mol. The minimum Gasteiger partial charge on any atom is -0.297 e. The van der Waals surface area contributed by atoms with Crippen molar-refractivity contribution in [3.63, 3.8) is 0 Å². The summed E-state index contributed by atoms with van der Waals surface area (Å²) >= 11 is 0. The van der Waals surface area contributed by atoms with Crippen LogP contribution < -0.4 is 0 Å². The third-order valence-electron chi connectivity index (χ3n) is 2.48. The van der Waals surface area contributed by atoms with E-state index in [-0.39, 0.29) is 0 Å². The maximum Gasteiger partial charge on any atom is 0.155 e. The van der Waals surface area contributed by atoms with E-state index in [0.29, 0.717) is 16.9 Å². The second kappa shape index (κ2) is 3.62. The number of imidazole rings is 1. The van der Waals surface area contributed by atoms with Crippen molar-refractivity contribution in [3.05, 3.63) is 54.6 Å². The number of halogens is 2. The Morgan fingerprint density at radius 3 is 2.53 bits per heavy atom.